The van der Waals surface area contributed by atoms with Crippen molar-refractivity contribution in [2.24, 2.45) is 0 Å². The van der Waals surface area contributed by atoms with Crippen molar-refractivity contribution in [1.82, 2.24) is 10.3 Å². The molecule has 0 unspecified atom stereocenters. The predicted octanol–water partition coefficient (Wildman–Crippen LogP) is 3.81. The highest BCUT2D eigenvalue weighted by Gasteiger charge is 2.25. The quantitative estimate of drug-likeness (QED) is 0.613. The van der Waals surface area contributed by atoms with Crippen LogP contribution in [-0.4, -0.2) is 29.8 Å². The number of methoxy groups -OCH3 is 1. The number of imide groups is 1. The number of fused-ring (bicyclic) bond motifs is 1. The Labute approximate surface area is 165 Å². The van der Waals surface area contributed by atoms with Crippen LogP contribution in [0.3, 0.4) is 0 Å². The van der Waals surface area contributed by atoms with Crippen molar-refractivity contribution >= 4 is 45.6 Å². The molecule has 1 saturated heterocycles. The van der Waals surface area contributed by atoms with E-state index in [2.05, 4.69) is 15.6 Å². The topological polar surface area (TPSA) is 93.5 Å². The summed E-state index contributed by atoms with van der Waals surface area (Å²) in [6, 6.07) is 9.72. The molecule has 0 saturated carbocycles. The first-order chi connectivity index (χ1) is 13.6. The van der Waals surface area contributed by atoms with Gasteiger partial charge in [0.25, 0.3) is 11.1 Å². The number of carbonyl (C=O) groups is 2. The number of aromatic nitrogens is 1. The molecule has 8 heteroatoms. The third-order valence-corrected chi connectivity index (χ3v) is 5.03. The van der Waals surface area contributed by atoms with E-state index in [1.807, 2.05) is 24.3 Å². The minimum atomic E-state index is -0.412. The van der Waals surface area contributed by atoms with E-state index in [0.29, 0.717) is 22.8 Å². The molecule has 0 aliphatic carbocycles. The molecule has 7 nitrogen and oxygen atoms in total. The van der Waals surface area contributed by atoms with E-state index in [-0.39, 0.29) is 5.24 Å². The zero-order valence-electron chi connectivity index (χ0n) is 15.0. The maximum atomic E-state index is 11.7. The largest absolute Gasteiger partial charge is 0.497 e. The van der Waals surface area contributed by atoms with Gasteiger partial charge < -0.3 is 14.5 Å². The summed E-state index contributed by atoms with van der Waals surface area (Å²) < 4.78 is 11.1. The number of nitrogens with zero attached hydrogens (tertiary/aromatic N) is 1. The molecule has 0 bridgehead atoms. The fraction of sp³-hybridized carbons (Fsp3) is 0.150. The summed E-state index contributed by atoms with van der Waals surface area (Å²) in [7, 11) is 1.65. The number of anilines is 1. The molecule has 3 heterocycles. The third-order valence-electron chi connectivity index (χ3n) is 4.22. The van der Waals surface area contributed by atoms with Crippen LogP contribution in [-0.2, 0) is 11.2 Å². The van der Waals surface area contributed by atoms with Crippen LogP contribution in [0.4, 0.5) is 10.5 Å². The first kappa shape index (κ1) is 18.1. The average Bonchev–Trinajstić information content (AvgIpc) is 3.24. The van der Waals surface area contributed by atoms with Gasteiger partial charge in [-0.05, 0) is 41.9 Å². The number of carbonyl (C=O) groups excluding carboxylic acids is 2. The summed E-state index contributed by atoms with van der Waals surface area (Å²) in [5.41, 5.74) is 2.58. The zero-order valence-corrected chi connectivity index (χ0v) is 15.8. The minimum absolute atomic E-state index is 0.310. The van der Waals surface area contributed by atoms with Gasteiger partial charge >= 0.3 is 0 Å². The van der Waals surface area contributed by atoms with Gasteiger partial charge in [0.05, 0.1) is 23.9 Å². The minimum Gasteiger partial charge on any atom is -0.497 e. The summed E-state index contributed by atoms with van der Waals surface area (Å²) in [6.07, 6.45) is 5.77. The summed E-state index contributed by atoms with van der Waals surface area (Å²) in [5.74, 6) is 0.911. The van der Waals surface area contributed by atoms with Crippen molar-refractivity contribution in [1.29, 1.82) is 0 Å². The Morgan fingerprint density at radius 1 is 1.29 bits per heavy atom. The maximum Gasteiger partial charge on any atom is 0.290 e. The van der Waals surface area contributed by atoms with E-state index in [4.69, 9.17) is 9.15 Å². The lowest BCUT2D eigenvalue weighted by atomic mass is 10.1. The number of benzene rings is 1. The maximum absolute atomic E-state index is 11.7. The highest BCUT2D eigenvalue weighted by molar-refractivity contribution is 8.18. The molecule has 0 spiro atoms. The van der Waals surface area contributed by atoms with Gasteiger partial charge in [-0.25, -0.2) is 0 Å². The van der Waals surface area contributed by atoms with Crippen LogP contribution in [0.1, 0.15) is 11.3 Å². The number of ether oxygens (including phenoxy) is 1. The summed E-state index contributed by atoms with van der Waals surface area (Å²) >= 11 is 0.857. The second-order valence-corrected chi connectivity index (χ2v) is 7.15. The van der Waals surface area contributed by atoms with E-state index in [0.717, 1.165) is 40.6 Å². The lowest BCUT2D eigenvalue weighted by Gasteiger charge is -2.07. The molecule has 2 aromatic heterocycles. The molecular weight excluding hydrogens is 378 g/mol. The Morgan fingerprint density at radius 3 is 2.96 bits per heavy atom. The van der Waals surface area contributed by atoms with Crippen molar-refractivity contribution in [3.05, 3.63) is 59.0 Å². The fourth-order valence-electron chi connectivity index (χ4n) is 2.90. The lowest BCUT2D eigenvalue weighted by molar-refractivity contribution is -0.115. The van der Waals surface area contributed by atoms with Gasteiger partial charge in [-0.2, -0.15) is 0 Å². The number of pyridine rings is 1. The Kier molecular flexibility index (Phi) is 5.03. The highest BCUT2D eigenvalue weighted by atomic mass is 32.2. The molecule has 1 fully saturated rings. The summed E-state index contributed by atoms with van der Waals surface area (Å²) in [5, 5.41) is 6.00. The van der Waals surface area contributed by atoms with Crippen LogP contribution in [0, 0.1) is 0 Å². The van der Waals surface area contributed by atoms with Crippen LogP contribution in [0.5, 0.6) is 5.75 Å². The molecule has 2 N–H and O–H groups in total. The van der Waals surface area contributed by atoms with Gasteiger partial charge in [-0.1, -0.05) is 12.1 Å². The van der Waals surface area contributed by atoms with E-state index >= 15 is 0 Å². The number of furan rings is 1. The van der Waals surface area contributed by atoms with Crippen LogP contribution >= 0.6 is 11.8 Å². The van der Waals surface area contributed by atoms with Gasteiger partial charge in [-0.3, -0.25) is 19.9 Å². The number of rotatable bonds is 6. The van der Waals surface area contributed by atoms with Crippen molar-refractivity contribution in [3.63, 3.8) is 0 Å². The van der Waals surface area contributed by atoms with Gasteiger partial charge in [-0.15, -0.1) is 0 Å². The van der Waals surface area contributed by atoms with Gasteiger partial charge in [0, 0.05) is 24.2 Å². The van der Waals surface area contributed by atoms with Gasteiger partial charge in [0.2, 0.25) is 0 Å². The third kappa shape index (κ3) is 3.86. The fourth-order valence-corrected chi connectivity index (χ4v) is 3.56. The molecule has 2 amide bonds. The predicted molar refractivity (Wildman–Crippen MR) is 108 cm³/mol. The number of amides is 2. The zero-order chi connectivity index (χ0) is 19.5. The van der Waals surface area contributed by atoms with Crippen molar-refractivity contribution in [3.8, 4) is 5.75 Å². The molecule has 3 aromatic rings. The molecule has 1 aromatic carbocycles. The Bertz CT molecular complexity index is 1090. The molecule has 4 rings (SSSR count). The van der Waals surface area contributed by atoms with E-state index in [9.17, 15) is 9.59 Å². The average molecular weight is 395 g/mol. The monoisotopic (exact) mass is 395 g/mol. The molecular formula is C20H17N3O4S. The standard InChI is InChI=1S/C20H17N3O4S/c1-26-14-4-2-3-12(7-14)5-6-22-16-11-21-10-13-8-15(27-18(13)16)9-17-19(24)23-20(25)28-17/h2-4,7-11,22H,5-6H2,1H3,(H,23,24,25). The normalized spacial score (nSPS) is 15.2. The van der Waals surface area contributed by atoms with E-state index in [1.165, 1.54) is 0 Å². The molecule has 0 radical (unpaired) electrons. The Balaban J connectivity index is 1.50. The number of thioether (sulfide) groups is 1. The van der Waals surface area contributed by atoms with Crippen LogP contribution < -0.4 is 15.4 Å². The molecule has 28 heavy (non-hydrogen) atoms. The number of hydrogen-bond donors (Lipinski definition) is 2. The molecule has 0 atom stereocenters. The second kappa shape index (κ2) is 7.77. The van der Waals surface area contributed by atoms with Crippen LogP contribution in [0.25, 0.3) is 17.0 Å². The second-order valence-electron chi connectivity index (χ2n) is 6.13. The van der Waals surface area contributed by atoms with Crippen molar-refractivity contribution < 1.29 is 18.7 Å². The van der Waals surface area contributed by atoms with E-state index < -0.39 is 5.91 Å². The smallest absolute Gasteiger partial charge is 0.290 e. The number of nitrogens with one attached hydrogen (secondary N) is 2. The van der Waals surface area contributed by atoms with Crippen LogP contribution in [0.15, 0.2) is 52.0 Å². The first-order valence-corrected chi connectivity index (χ1v) is 9.43. The lowest BCUT2D eigenvalue weighted by Crippen LogP contribution is -2.17. The Morgan fingerprint density at radius 2 is 2.18 bits per heavy atom. The molecule has 142 valence electrons. The SMILES string of the molecule is COc1cccc(CCNc2cncc3cc(C=C4SC(=O)NC4=O)oc23)c1. The number of hydrogen-bond acceptors (Lipinski definition) is 7. The van der Waals surface area contributed by atoms with Crippen molar-refractivity contribution in [2.45, 2.75) is 6.42 Å². The van der Waals surface area contributed by atoms with Gasteiger partial charge in [0.15, 0.2) is 5.58 Å². The molecule has 1 aliphatic rings. The van der Waals surface area contributed by atoms with E-state index in [1.54, 1.807) is 31.6 Å². The Hall–Kier alpha value is -3.26. The summed E-state index contributed by atoms with van der Waals surface area (Å²) in [6.45, 7) is 0.692. The van der Waals surface area contributed by atoms with Gasteiger partial charge in [0.1, 0.15) is 11.5 Å². The first-order valence-electron chi connectivity index (χ1n) is 8.61. The highest BCUT2D eigenvalue weighted by Crippen LogP contribution is 2.30. The van der Waals surface area contributed by atoms with Crippen molar-refractivity contribution in [2.75, 3.05) is 19.0 Å². The summed E-state index contributed by atoms with van der Waals surface area (Å²) in [4.78, 5) is 27.5. The van der Waals surface area contributed by atoms with Crippen LogP contribution in [0.2, 0.25) is 0 Å². The molecule has 1 aliphatic heterocycles.